The highest BCUT2D eigenvalue weighted by atomic mass is 19.4. The summed E-state index contributed by atoms with van der Waals surface area (Å²) in [5, 5.41) is 12.8. The van der Waals surface area contributed by atoms with E-state index in [1.54, 1.807) is 19.1 Å². The topological polar surface area (TPSA) is 104 Å². The Morgan fingerprint density at radius 2 is 2.06 bits per heavy atom. The van der Waals surface area contributed by atoms with Crippen molar-refractivity contribution in [1.82, 2.24) is 20.2 Å². The molecule has 7 nitrogen and oxygen atoms in total. The molecule has 1 fully saturated rings. The maximum Gasteiger partial charge on any atom is 0.418 e. The van der Waals surface area contributed by atoms with Gasteiger partial charge in [0.05, 0.1) is 35.4 Å². The number of aliphatic hydroxyl groups is 1. The highest BCUT2D eigenvalue weighted by molar-refractivity contribution is 5.98. The first-order chi connectivity index (χ1) is 16.5. The second-order valence-electron chi connectivity index (χ2n) is 7.99. The minimum absolute atomic E-state index is 0.0634. The number of halogens is 4. The van der Waals surface area contributed by atoms with E-state index in [2.05, 4.69) is 21.9 Å². The molecule has 35 heavy (non-hydrogen) atoms. The zero-order chi connectivity index (χ0) is 25.8. The van der Waals surface area contributed by atoms with Crippen LogP contribution in [0.5, 0.6) is 0 Å². The van der Waals surface area contributed by atoms with Crippen molar-refractivity contribution in [3.8, 4) is 11.4 Å². The number of likely N-dealkylation sites (tertiary alicyclic amines) is 1. The van der Waals surface area contributed by atoms with Crippen LogP contribution in [0, 0.1) is 5.82 Å². The molecule has 3 rings (SSSR count). The number of allylic oxidation sites excluding steroid dienone is 3. The predicted octanol–water partition coefficient (Wildman–Crippen LogP) is 3.96. The van der Waals surface area contributed by atoms with Crippen molar-refractivity contribution in [1.29, 1.82) is 0 Å². The van der Waals surface area contributed by atoms with Gasteiger partial charge in [-0.15, -0.1) is 0 Å². The average molecular weight is 491 g/mol. The first-order valence-corrected chi connectivity index (χ1v) is 10.7. The number of β-amino-alcohol motifs (C(OH)–C–C–N with tert-alkyl or cyclic N) is 1. The Morgan fingerprint density at radius 3 is 2.69 bits per heavy atom. The number of hydrogen-bond acceptors (Lipinski definition) is 6. The molecule has 2 heterocycles. The monoisotopic (exact) mass is 491 g/mol. The van der Waals surface area contributed by atoms with Crippen LogP contribution in [0.1, 0.15) is 30.3 Å². The van der Waals surface area contributed by atoms with Gasteiger partial charge in [0.2, 0.25) is 0 Å². The number of aromatic nitrogens is 2. The fourth-order valence-corrected chi connectivity index (χ4v) is 3.74. The third-order valence-electron chi connectivity index (χ3n) is 5.54. The summed E-state index contributed by atoms with van der Waals surface area (Å²) in [6.07, 6.45) is 0.367. The lowest BCUT2D eigenvalue weighted by atomic mass is 9.91. The molecule has 186 valence electrons. The molecule has 4 N–H and O–H groups in total. The first kappa shape index (κ1) is 25.9. The van der Waals surface area contributed by atoms with Crippen LogP contribution in [0.15, 0.2) is 66.7 Å². The van der Waals surface area contributed by atoms with E-state index in [1.807, 2.05) is 0 Å². The van der Waals surface area contributed by atoms with E-state index >= 15 is 0 Å². The average Bonchev–Trinajstić information content (AvgIpc) is 2.81. The van der Waals surface area contributed by atoms with Crippen LogP contribution in [-0.4, -0.2) is 50.7 Å². The largest absolute Gasteiger partial charge is 0.418 e. The lowest BCUT2D eigenvalue weighted by Gasteiger charge is -2.42. The summed E-state index contributed by atoms with van der Waals surface area (Å²) in [6.45, 7) is 4.83. The van der Waals surface area contributed by atoms with E-state index < -0.39 is 36.5 Å². The molecule has 1 aromatic heterocycles. The quantitative estimate of drug-likeness (QED) is 0.418. The van der Waals surface area contributed by atoms with E-state index in [1.165, 1.54) is 41.4 Å². The molecular formula is C24H25F4N5O2. The normalized spacial score (nSPS) is 19.4. The molecule has 0 bridgehead atoms. The van der Waals surface area contributed by atoms with Crippen LogP contribution in [-0.2, 0) is 0 Å². The molecule has 1 amide bonds. The molecule has 0 aliphatic carbocycles. The maximum absolute atomic E-state index is 14.2. The second-order valence-corrected chi connectivity index (χ2v) is 7.99. The number of nitrogens with one attached hydrogen (secondary N) is 1. The Balaban J connectivity index is 1.96. The summed E-state index contributed by atoms with van der Waals surface area (Å²) in [4.78, 5) is 22.5. The Kier molecular flexibility index (Phi) is 7.59. The molecular weight excluding hydrogens is 466 g/mol. The molecule has 11 heteroatoms. The maximum atomic E-state index is 14.2. The van der Waals surface area contributed by atoms with Crippen molar-refractivity contribution in [3.05, 3.63) is 78.2 Å². The Labute approximate surface area is 199 Å². The fraction of sp³-hybridized carbons (Fsp3) is 0.292. The molecule has 0 saturated carbocycles. The number of piperidine rings is 1. The van der Waals surface area contributed by atoms with Gasteiger partial charge in [0.1, 0.15) is 5.82 Å². The number of carbonyl (C=O) groups is 1. The van der Waals surface area contributed by atoms with Gasteiger partial charge in [0.15, 0.2) is 17.1 Å². The van der Waals surface area contributed by atoms with Crippen molar-refractivity contribution in [2.75, 3.05) is 18.8 Å². The summed E-state index contributed by atoms with van der Waals surface area (Å²) in [7, 11) is 0. The number of hydrogen-bond donors (Lipinski definition) is 3. The highest BCUT2D eigenvalue weighted by Crippen LogP contribution is 2.38. The second kappa shape index (κ2) is 10.3. The molecule has 2 aromatic rings. The zero-order valence-electron chi connectivity index (χ0n) is 18.9. The van der Waals surface area contributed by atoms with E-state index in [0.29, 0.717) is 0 Å². The van der Waals surface area contributed by atoms with Crippen molar-refractivity contribution >= 4 is 11.6 Å². The standard InChI is InChI=1S/C24H25F4N5O2/c1-3-8-19(33-12-7-11-23(35,14-33)24(26,27)28)18(4-2)31-22(34)20-17(29)13-30-21(32-20)15-9-5-6-10-16(15)25/h3-6,8-10,13,35H,2,7,11-12,14,29H2,1H3,(H,31,34)/b8-3-,19-18-. The van der Waals surface area contributed by atoms with Crippen LogP contribution in [0.4, 0.5) is 23.2 Å². The molecule has 0 spiro atoms. The fourth-order valence-electron chi connectivity index (χ4n) is 3.74. The Bertz CT molecular complexity index is 1180. The SMILES string of the molecule is C=C/C(NC(=O)c1nc(-c2ccccc2F)ncc1N)=C(\C=C/C)N1CCCC(O)(C(F)(F)F)C1. The Morgan fingerprint density at radius 1 is 1.34 bits per heavy atom. The third kappa shape index (κ3) is 5.51. The number of nitrogens with zero attached hydrogens (tertiary/aromatic N) is 3. The van der Waals surface area contributed by atoms with Gasteiger partial charge < -0.3 is 21.1 Å². The highest BCUT2D eigenvalue weighted by Gasteiger charge is 2.55. The van der Waals surface area contributed by atoms with Gasteiger partial charge in [-0.3, -0.25) is 4.79 Å². The van der Waals surface area contributed by atoms with E-state index in [0.717, 1.165) is 0 Å². The summed E-state index contributed by atoms with van der Waals surface area (Å²) >= 11 is 0. The molecule has 0 radical (unpaired) electrons. The lowest BCUT2D eigenvalue weighted by molar-refractivity contribution is -0.272. The van der Waals surface area contributed by atoms with Gasteiger partial charge >= 0.3 is 6.18 Å². The van der Waals surface area contributed by atoms with E-state index in [9.17, 15) is 27.5 Å². The minimum atomic E-state index is -4.82. The van der Waals surface area contributed by atoms with Crippen LogP contribution in [0.2, 0.25) is 0 Å². The number of benzene rings is 1. The Hall–Kier alpha value is -3.73. The number of carbonyl (C=O) groups excluding carboxylic acids is 1. The van der Waals surface area contributed by atoms with Gasteiger partial charge in [-0.1, -0.05) is 24.8 Å². The summed E-state index contributed by atoms with van der Waals surface area (Å²) in [5.74, 6) is -1.44. The smallest absolute Gasteiger partial charge is 0.396 e. The molecule has 1 aliphatic rings. The zero-order valence-corrected chi connectivity index (χ0v) is 18.9. The van der Waals surface area contributed by atoms with Gasteiger partial charge in [0.25, 0.3) is 5.91 Å². The van der Waals surface area contributed by atoms with Crippen molar-refractivity contribution in [3.63, 3.8) is 0 Å². The van der Waals surface area contributed by atoms with Crippen molar-refractivity contribution < 1.29 is 27.5 Å². The van der Waals surface area contributed by atoms with Gasteiger partial charge in [-0.05, 0) is 44.1 Å². The van der Waals surface area contributed by atoms with Crippen molar-refractivity contribution in [2.45, 2.75) is 31.5 Å². The predicted molar refractivity (Wildman–Crippen MR) is 123 cm³/mol. The summed E-state index contributed by atoms with van der Waals surface area (Å²) in [5.41, 5.74) is 3.04. The van der Waals surface area contributed by atoms with Gasteiger partial charge in [-0.25, -0.2) is 14.4 Å². The van der Waals surface area contributed by atoms with Crippen molar-refractivity contribution in [2.24, 2.45) is 0 Å². The molecule has 1 saturated heterocycles. The number of nitrogen functional groups attached to an aromatic ring is 1. The molecule has 1 unspecified atom stereocenters. The first-order valence-electron chi connectivity index (χ1n) is 10.7. The van der Waals surface area contributed by atoms with E-state index in [-0.39, 0.29) is 47.1 Å². The molecule has 1 aliphatic heterocycles. The van der Waals surface area contributed by atoms with Gasteiger partial charge in [-0.2, -0.15) is 13.2 Å². The number of alkyl halides is 3. The van der Waals surface area contributed by atoms with Crippen LogP contribution in [0.25, 0.3) is 11.4 Å². The van der Waals surface area contributed by atoms with E-state index in [4.69, 9.17) is 5.73 Å². The van der Waals surface area contributed by atoms with Crippen LogP contribution >= 0.6 is 0 Å². The molecule has 1 atom stereocenters. The number of amides is 1. The lowest BCUT2D eigenvalue weighted by Crippen LogP contribution is -2.56. The number of anilines is 1. The van der Waals surface area contributed by atoms with Gasteiger partial charge in [0, 0.05) is 6.54 Å². The van der Waals surface area contributed by atoms with Crippen LogP contribution < -0.4 is 11.1 Å². The molecule has 1 aromatic carbocycles. The third-order valence-corrected chi connectivity index (χ3v) is 5.54. The number of rotatable bonds is 6. The van der Waals surface area contributed by atoms with Crippen LogP contribution in [0.3, 0.4) is 0 Å². The summed E-state index contributed by atoms with van der Waals surface area (Å²) < 4.78 is 54.5. The minimum Gasteiger partial charge on any atom is -0.396 e. The number of nitrogens with two attached hydrogens (primary N) is 1. The summed E-state index contributed by atoms with van der Waals surface area (Å²) in [6, 6.07) is 5.74.